The fourth-order valence-corrected chi connectivity index (χ4v) is 4.71. The fraction of sp³-hybridized carbons (Fsp3) is 0.174. The van der Waals surface area contributed by atoms with Crippen LogP contribution in [0.4, 0.5) is 5.69 Å². The van der Waals surface area contributed by atoms with E-state index in [9.17, 15) is 13.2 Å². The lowest BCUT2D eigenvalue weighted by Gasteiger charge is -2.22. The van der Waals surface area contributed by atoms with Crippen LogP contribution in [-0.2, 0) is 21.4 Å². The second kappa shape index (κ2) is 11.0. The number of nitrogens with one attached hydrogen (secondary N) is 1. The van der Waals surface area contributed by atoms with Crippen molar-refractivity contribution in [1.82, 2.24) is 4.31 Å². The zero-order chi connectivity index (χ0) is 23.1. The van der Waals surface area contributed by atoms with Gasteiger partial charge < -0.3 is 10.1 Å². The molecule has 0 saturated carbocycles. The molecule has 1 amide bonds. The maximum absolute atomic E-state index is 13.3. The van der Waals surface area contributed by atoms with Gasteiger partial charge in [0.15, 0.2) is 0 Å². The smallest absolute Gasteiger partial charge is 0.243 e. The maximum Gasteiger partial charge on any atom is 0.243 e. The van der Waals surface area contributed by atoms with Gasteiger partial charge in [0.05, 0.1) is 18.0 Å². The molecule has 0 saturated heterocycles. The summed E-state index contributed by atoms with van der Waals surface area (Å²) in [6, 6.07) is 20.0. The molecule has 168 valence electrons. The second-order valence-electron chi connectivity index (χ2n) is 6.86. The molecule has 0 radical (unpaired) electrons. The summed E-state index contributed by atoms with van der Waals surface area (Å²) in [5, 5.41) is 3.17. The lowest BCUT2D eigenvalue weighted by atomic mass is 10.2. The van der Waals surface area contributed by atoms with Gasteiger partial charge in [0.2, 0.25) is 15.9 Å². The summed E-state index contributed by atoms with van der Waals surface area (Å²) >= 11 is 9.27. The second-order valence-corrected chi connectivity index (χ2v) is 10.1. The number of hydrogen-bond acceptors (Lipinski definition) is 4. The molecule has 0 aliphatic rings. The summed E-state index contributed by atoms with van der Waals surface area (Å²) in [5.41, 5.74) is 1.30. The zero-order valence-electron chi connectivity index (χ0n) is 17.3. The lowest BCUT2D eigenvalue weighted by molar-refractivity contribution is -0.116. The van der Waals surface area contributed by atoms with Crippen molar-refractivity contribution >= 4 is 49.1 Å². The molecule has 0 bridgehead atoms. The highest BCUT2D eigenvalue weighted by atomic mass is 79.9. The van der Waals surface area contributed by atoms with E-state index in [1.807, 2.05) is 19.1 Å². The molecule has 0 heterocycles. The summed E-state index contributed by atoms with van der Waals surface area (Å²) in [7, 11) is -3.95. The van der Waals surface area contributed by atoms with Crippen LogP contribution in [-0.4, -0.2) is 31.8 Å². The number of amides is 1. The SMILES string of the molecule is CCOc1ccc(NC(=O)CN(Cc2ccc(Br)cc2)S(=O)(=O)c2ccc(Cl)cc2)cc1. The predicted octanol–water partition coefficient (Wildman–Crippen LogP) is 5.33. The Labute approximate surface area is 201 Å². The topological polar surface area (TPSA) is 75.7 Å². The van der Waals surface area contributed by atoms with E-state index >= 15 is 0 Å². The Balaban J connectivity index is 1.81. The molecule has 0 aromatic heterocycles. The number of carbonyl (C=O) groups is 1. The molecule has 9 heteroatoms. The summed E-state index contributed by atoms with van der Waals surface area (Å²) in [6.45, 7) is 2.11. The van der Waals surface area contributed by atoms with Crippen LogP contribution in [0.3, 0.4) is 0 Å². The van der Waals surface area contributed by atoms with Crippen LogP contribution in [0, 0.1) is 0 Å². The molecule has 0 spiro atoms. The van der Waals surface area contributed by atoms with Gasteiger partial charge in [0.25, 0.3) is 0 Å². The third-order valence-electron chi connectivity index (χ3n) is 4.49. The first kappa shape index (κ1) is 24.3. The van der Waals surface area contributed by atoms with E-state index < -0.39 is 15.9 Å². The standard InChI is InChI=1S/C23H22BrClN2O4S/c1-2-31-21-11-9-20(10-12-21)26-23(28)16-27(15-17-3-5-18(24)6-4-17)32(29,30)22-13-7-19(25)8-14-22/h3-14H,2,15-16H2,1H3,(H,26,28). The van der Waals surface area contributed by atoms with E-state index in [1.54, 1.807) is 36.4 Å². The van der Waals surface area contributed by atoms with Gasteiger partial charge >= 0.3 is 0 Å². The van der Waals surface area contributed by atoms with Gasteiger partial charge in [-0.05, 0) is 73.2 Å². The Morgan fingerprint density at radius 1 is 1.00 bits per heavy atom. The van der Waals surface area contributed by atoms with Crippen molar-refractivity contribution in [2.75, 3.05) is 18.5 Å². The number of rotatable bonds is 9. The van der Waals surface area contributed by atoms with E-state index in [0.717, 1.165) is 14.3 Å². The minimum Gasteiger partial charge on any atom is -0.494 e. The molecule has 0 unspecified atom stereocenters. The van der Waals surface area contributed by atoms with Crippen molar-refractivity contribution in [2.45, 2.75) is 18.4 Å². The summed E-state index contributed by atoms with van der Waals surface area (Å²) in [4.78, 5) is 12.8. The van der Waals surface area contributed by atoms with Gasteiger partial charge in [-0.3, -0.25) is 4.79 Å². The summed E-state index contributed by atoms with van der Waals surface area (Å²) in [5.74, 6) is 0.233. The van der Waals surface area contributed by atoms with Gasteiger partial charge in [-0.15, -0.1) is 0 Å². The normalized spacial score (nSPS) is 11.4. The van der Waals surface area contributed by atoms with Crippen molar-refractivity contribution < 1.29 is 17.9 Å². The number of nitrogens with zero attached hydrogens (tertiary/aromatic N) is 1. The van der Waals surface area contributed by atoms with Crippen LogP contribution < -0.4 is 10.1 Å². The monoisotopic (exact) mass is 536 g/mol. The first-order valence-corrected chi connectivity index (χ1v) is 12.4. The minimum absolute atomic E-state index is 0.0366. The summed E-state index contributed by atoms with van der Waals surface area (Å²) in [6.07, 6.45) is 0. The maximum atomic E-state index is 13.3. The number of anilines is 1. The highest BCUT2D eigenvalue weighted by molar-refractivity contribution is 9.10. The quantitative estimate of drug-likeness (QED) is 0.400. The van der Waals surface area contributed by atoms with Crippen LogP contribution in [0.25, 0.3) is 0 Å². The molecule has 32 heavy (non-hydrogen) atoms. The van der Waals surface area contributed by atoms with E-state index in [4.69, 9.17) is 16.3 Å². The van der Waals surface area contributed by atoms with Crippen LogP contribution in [0.2, 0.25) is 5.02 Å². The number of benzene rings is 3. The first-order chi connectivity index (χ1) is 15.3. The zero-order valence-corrected chi connectivity index (χ0v) is 20.5. The van der Waals surface area contributed by atoms with E-state index in [-0.39, 0.29) is 18.0 Å². The Morgan fingerprint density at radius 2 is 1.62 bits per heavy atom. The summed E-state index contributed by atoms with van der Waals surface area (Å²) < 4.78 is 34.0. The van der Waals surface area contributed by atoms with Gasteiger partial charge in [-0.2, -0.15) is 4.31 Å². The van der Waals surface area contributed by atoms with Crippen molar-refractivity contribution in [3.8, 4) is 5.75 Å². The number of sulfonamides is 1. The van der Waals surface area contributed by atoms with Gasteiger partial charge in [0, 0.05) is 21.7 Å². The Bertz CT molecular complexity index is 1150. The van der Waals surface area contributed by atoms with Crippen LogP contribution in [0.1, 0.15) is 12.5 Å². The average molecular weight is 538 g/mol. The molecular weight excluding hydrogens is 516 g/mol. The molecule has 0 atom stereocenters. The average Bonchev–Trinajstić information content (AvgIpc) is 2.76. The van der Waals surface area contributed by atoms with Crippen molar-refractivity contribution in [1.29, 1.82) is 0 Å². The molecule has 1 N–H and O–H groups in total. The number of carbonyl (C=O) groups excluding carboxylic acids is 1. The molecule has 0 fully saturated rings. The van der Waals surface area contributed by atoms with Crippen LogP contribution in [0.15, 0.2) is 82.2 Å². The highest BCUT2D eigenvalue weighted by Crippen LogP contribution is 2.22. The minimum atomic E-state index is -3.95. The van der Waals surface area contributed by atoms with Crippen molar-refractivity contribution in [3.05, 3.63) is 87.9 Å². The third kappa shape index (κ3) is 6.56. The Kier molecular flexibility index (Phi) is 8.31. The molecule has 3 aromatic rings. The first-order valence-electron chi connectivity index (χ1n) is 9.81. The third-order valence-corrected chi connectivity index (χ3v) is 7.08. The van der Waals surface area contributed by atoms with E-state index in [1.165, 1.54) is 24.3 Å². The van der Waals surface area contributed by atoms with Crippen molar-refractivity contribution in [2.24, 2.45) is 0 Å². The predicted molar refractivity (Wildman–Crippen MR) is 129 cm³/mol. The number of ether oxygens (including phenoxy) is 1. The molecule has 6 nitrogen and oxygen atoms in total. The number of halogens is 2. The molecule has 3 aromatic carbocycles. The van der Waals surface area contributed by atoms with Gasteiger partial charge in [-0.25, -0.2) is 8.42 Å². The van der Waals surface area contributed by atoms with Crippen molar-refractivity contribution in [3.63, 3.8) is 0 Å². The molecule has 0 aliphatic heterocycles. The van der Waals surface area contributed by atoms with E-state index in [0.29, 0.717) is 23.1 Å². The fourth-order valence-electron chi connectivity index (χ4n) is 2.94. The largest absolute Gasteiger partial charge is 0.494 e. The Hall–Kier alpha value is -2.39. The Morgan fingerprint density at radius 3 is 2.22 bits per heavy atom. The van der Waals surface area contributed by atoms with E-state index in [2.05, 4.69) is 21.2 Å². The molecular formula is C23H22BrClN2O4S. The van der Waals surface area contributed by atoms with Gasteiger partial charge in [0.1, 0.15) is 5.75 Å². The lowest BCUT2D eigenvalue weighted by Crippen LogP contribution is -2.37. The van der Waals surface area contributed by atoms with Gasteiger partial charge in [-0.1, -0.05) is 39.7 Å². The molecule has 0 aliphatic carbocycles. The van der Waals surface area contributed by atoms with Crippen LogP contribution in [0.5, 0.6) is 5.75 Å². The van der Waals surface area contributed by atoms with Crippen LogP contribution >= 0.6 is 27.5 Å². The highest BCUT2D eigenvalue weighted by Gasteiger charge is 2.27. The molecule has 3 rings (SSSR count). The number of hydrogen-bond donors (Lipinski definition) is 1.